The van der Waals surface area contributed by atoms with Gasteiger partial charge in [-0.1, -0.05) is 19.1 Å². The Morgan fingerprint density at radius 2 is 2.22 bits per heavy atom. The van der Waals surface area contributed by atoms with Gasteiger partial charge in [-0.05, 0) is 49.8 Å². The molecule has 3 nitrogen and oxygen atoms in total. The number of nitrogens with two attached hydrogens (primary N) is 1. The summed E-state index contributed by atoms with van der Waals surface area (Å²) < 4.78 is 13.0. The molecule has 0 bridgehead atoms. The Balaban J connectivity index is 2.47. The van der Waals surface area contributed by atoms with Crippen molar-refractivity contribution in [3.8, 4) is 0 Å². The number of benzene rings is 1. The number of hydrogen-bond donors (Lipinski definition) is 2. The van der Waals surface area contributed by atoms with Crippen LogP contribution in [0.15, 0.2) is 24.3 Å². The van der Waals surface area contributed by atoms with Crippen molar-refractivity contribution >= 4 is 5.97 Å². The second-order valence-corrected chi connectivity index (χ2v) is 5.20. The summed E-state index contributed by atoms with van der Waals surface area (Å²) in [4.78, 5) is 10.9. The van der Waals surface area contributed by atoms with Crippen molar-refractivity contribution in [2.24, 2.45) is 11.7 Å². The molecule has 18 heavy (non-hydrogen) atoms. The van der Waals surface area contributed by atoms with Crippen LogP contribution in [0.5, 0.6) is 0 Å². The molecule has 0 amide bonds. The highest BCUT2D eigenvalue weighted by atomic mass is 19.1. The summed E-state index contributed by atoms with van der Waals surface area (Å²) in [6.07, 6.45) is 1.94. The molecule has 100 valence electrons. The molecule has 0 fully saturated rings. The van der Waals surface area contributed by atoms with Crippen LogP contribution in [0.1, 0.15) is 32.3 Å². The van der Waals surface area contributed by atoms with E-state index < -0.39 is 11.5 Å². The molecule has 4 heteroatoms. The van der Waals surface area contributed by atoms with Crippen LogP contribution in [0.25, 0.3) is 0 Å². The van der Waals surface area contributed by atoms with Gasteiger partial charge in [0.15, 0.2) is 0 Å². The lowest BCUT2D eigenvalue weighted by Gasteiger charge is -2.23. The molecule has 0 radical (unpaired) electrons. The zero-order chi connectivity index (χ0) is 13.8. The third-order valence-electron chi connectivity index (χ3n) is 3.08. The van der Waals surface area contributed by atoms with E-state index in [9.17, 15) is 9.18 Å². The summed E-state index contributed by atoms with van der Waals surface area (Å²) in [5.74, 6) is -1.05. The van der Waals surface area contributed by atoms with Crippen LogP contribution in [0, 0.1) is 11.7 Å². The smallest absolute Gasteiger partial charge is 0.323 e. The van der Waals surface area contributed by atoms with Gasteiger partial charge in [-0.2, -0.15) is 0 Å². The van der Waals surface area contributed by atoms with Crippen LogP contribution in [0.4, 0.5) is 4.39 Å². The highest BCUT2D eigenvalue weighted by Gasteiger charge is 2.29. The average Bonchev–Trinajstić information content (AvgIpc) is 2.25. The van der Waals surface area contributed by atoms with Gasteiger partial charge in [0.25, 0.3) is 0 Å². The molecule has 0 saturated heterocycles. The Labute approximate surface area is 107 Å². The van der Waals surface area contributed by atoms with Gasteiger partial charge in [-0.3, -0.25) is 4.79 Å². The van der Waals surface area contributed by atoms with Crippen LogP contribution in [0.3, 0.4) is 0 Å². The fourth-order valence-corrected chi connectivity index (χ4v) is 2.02. The SMILES string of the molecule is CC(CCc1cccc(F)c1)CC(C)(N)C(=O)O. The summed E-state index contributed by atoms with van der Waals surface area (Å²) in [6, 6.07) is 6.47. The standard InChI is InChI=1S/C14H20FNO2/c1-10(9-14(2,16)13(17)18)6-7-11-4-3-5-12(15)8-11/h3-5,8,10H,6-7,9,16H2,1-2H3,(H,17,18). The Bertz CT molecular complexity index is 418. The van der Waals surface area contributed by atoms with Crippen molar-refractivity contribution in [3.05, 3.63) is 35.6 Å². The zero-order valence-electron chi connectivity index (χ0n) is 10.8. The van der Waals surface area contributed by atoms with E-state index in [-0.39, 0.29) is 11.7 Å². The fraction of sp³-hybridized carbons (Fsp3) is 0.500. The Morgan fingerprint density at radius 1 is 1.56 bits per heavy atom. The highest BCUT2D eigenvalue weighted by molar-refractivity contribution is 5.77. The van der Waals surface area contributed by atoms with Crippen molar-refractivity contribution in [2.45, 2.75) is 38.6 Å². The Morgan fingerprint density at radius 3 is 2.78 bits per heavy atom. The molecular formula is C14H20FNO2. The molecule has 2 unspecified atom stereocenters. The van der Waals surface area contributed by atoms with Crippen molar-refractivity contribution in [1.82, 2.24) is 0 Å². The van der Waals surface area contributed by atoms with Gasteiger partial charge in [0.05, 0.1) is 0 Å². The van der Waals surface area contributed by atoms with Crippen molar-refractivity contribution in [2.75, 3.05) is 0 Å². The third-order valence-corrected chi connectivity index (χ3v) is 3.08. The first-order chi connectivity index (χ1) is 8.31. The number of aryl methyl sites for hydroxylation is 1. The summed E-state index contributed by atoms with van der Waals surface area (Å²) in [5.41, 5.74) is 5.43. The van der Waals surface area contributed by atoms with Crippen LogP contribution >= 0.6 is 0 Å². The maximum absolute atomic E-state index is 13.0. The lowest BCUT2D eigenvalue weighted by atomic mass is 9.87. The van der Waals surface area contributed by atoms with Crippen LogP contribution < -0.4 is 5.73 Å². The van der Waals surface area contributed by atoms with E-state index in [0.717, 1.165) is 18.4 Å². The number of hydrogen-bond acceptors (Lipinski definition) is 2. The minimum atomic E-state index is -1.19. The molecule has 0 aliphatic rings. The number of halogens is 1. The van der Waals surface area contributed by atoms with Crippen LogP contribution in [-0.4, -0.2) is 16.6 Å². The maximum Gasteiger partial charge on any atom is 0.323 e. The topological polar surface area (TPSA) is 63.3 Å². The van der Waals surface area contributed by atoms with Gasteiger partial charge in [0.1, 0.15) is 11.4 Å². The first kappa shape index (κ1) is 14.6. The monoisotopic (exact) mass is 253 g/mol. The third kappa shape index (κ3) is 4.45. The minimum absolute atomic E-state index is 0.180. The molecule has 0 aliphatic heterocycles. The number of rotatable bonds is 6. The van der Waals surface area contributed by atoms with E-state index in [1.165, 1.54) is 19.1 Å². The Kier molecular flexibility index (Phi) is 4.84. The average molecular weight is 253 g/mol. The number of carboxylic acid groups (broad SMARTS) is 1. The number of carbonyl (C=O) groups is 1. The summed E-state index contributed by atoms with van der Waals surface area (Å²) in [6.45, 7) is 3.49. The van der Waals surface area contributed by atoms with E-state index in [1.807, 2.05) is 13.0 Å². The van der Waals surface area contributed by atoms with Gasteiger partial charge in [0, 0.05) is 0 Å². The largest absolute Gasteiger partial charge is 0.480 e. The molecule has 0 spiro atoms. The minimum Gasteiger partial charge on any atom is -0.480 e. The van der Waals surface area contributed by atoms with Crippen molar-refractivity contribution in [3.63, 3.8) is 0 Å². The predicted octanol–water partition coefficient (Wildman–Crippen LogP) is 2.59. The number of aliphatic carboxylic acids is 1. The van der Waals surface area contributed by atoms with E-state index in [0.29, 0.717) is 6.42 Å². The lowest BCUT2D eigenvalue weighted by Crippen LogP contribution is -2.46. The predicted molar refractivity (Wildman–Crippen MR) is 68.7 cm³/mol. The molecule has 0 heterocycles. The van der Waals surface area contributed by atoms with Gasteiger partial charge in [0.2, 0.25) is 0 Å². The van der Waals surface area contributed by atoms with Gasteiger partial charge < -0.3 is 10.8 Å². The molecule has 0 aromatic heterocycles. The van der Waals surface area contributed by atoms with E-state index in [1.54, 1.807) is 6.07 Å². The van der Waals surface area contributed by atoms with Gasteiger partial charge >= 0.3 is 5.97 Å². The first-order valence-corrected chi connectivity index (χ1v) is 6.08. The van der Waals surface area contributed by atoms with E-state index in [4.69, 9.17) is 10.8 Å². The van der Waals surface area contributed by atoms with Crippen LogP contribution in [-0.2, 0) is 11.2 Å². The number of carboxylic acids is 1. The second-order valence-electron chi connectivity index (χ2n) is 5.20. The molecule has 0 saturated carbocycles. The van der Waals surface area contributed by atoms with Gasteiger partial charge in [-0.15, -0.1) is 0 Å². The maximum atomic E-state index is 13.0. The molecule has 1 rings (SSSR count). The molecule has 1 aromatic carbocycles. The summed E-state index contributed by atoms with van der Waals surface area (Å²) in [5, 5.41) is 8.94. The molecule has 2 atom stereocenters. The van der Waals surface area contributed by atoms with E-state index in [2.05, 4.69) is 0 Å². The van der Waals surface area contributed by atoms with Crippen molar-refractivity contribution in [1.29, 1.82) is 0 Å². The van der Waals surface area contributed by atoms with Crippen molar-refractivity contribution < 1.29 is 14.3 Å². The quantitative estimate of drug-likeness (QED) is 0.819. The van der Waals surface area contributed by atoms with Gasteiger partial charge in [-0.25, -0.2) is 4.39 Å². The molecule has 3 N–H and O–H groups in total. The molecule has 1 aromatic rings. The Hall–Kier alpha value is -1.42. The molecule has 0 aliphatic carbocycles. The highest BCUT2D eigenvalue weighted by Crippen LogP contribution is 2.19. The fourth-order valence-electron chi connectivity index (χ4n) is 2.02. The normalized spacial score (nSPS) is 16.0. The summed E-state index contributed by atoms with van der Waals surface area (Å²) >= 11 is 0. The second kappa shape index (κ2) is 5.96. The lowest BCUT2D eigenvalue weighted by molar-refractivity contribution is -0.143. The first-order valence-electron chi connectivity index (χ1n) is 6.08. The van der Waals surface area contributed by atoms with E-state index >= 15 is 0 Å². The molecular weight excluding hydrogens is 233 g/mol. The zero-order valence-corrected chi connectivity index (χ0v) is 10.8. The van der Waals surface area contributed by atoms with Crippen LogP contribution in [0.2, 0.25) is 0 Å². The summed E-state index contributed by atoms with van der Waals surface area (Å²) in [7, 11) is 0.